The Kier molecular flexibility index (Phi) is 3.84. The van der Waals surface area contributed by atoms with Crippen LogP contribution in [0.2, 0.25) is 5.28 Å². The number of nitrogens with zero attached hydrogens (tertiary/aromatic N) is 3. The van der Waals surface area contributed by atoms with Crippen molar-refractivity contribution < 1.29 is 0 Å². The van der Waals surface area contributed by atoms with Crippen molar-refractivity contribution in [1.29, 1.82) is 0 Å². The van der Waals surface area contributed by atoms with Crippen molar-refractivity contribution in [1.82, 2.24) is 14.8 Å². The molecule has 0 radical (unpaired) electrons. The second kappa shape index (κ2) is 5.19. The first-order valence-electron chi connectivity index (χ1n) is 5.78. The molecule has 17 heavy (non-hydrogen) atoms. The van der Waals surface area contributed by atoms with E-state index in [1.807, 2.05) is 0 Å². The minimum Gasteiger partial charge on any atom is -0.293 e. The lowest BCUT2D eigenvalue weighted by Gasteiger charge is -2.19. The summed E-state index contributed by atoms with van der Waals surface area (Å²) in [4.78, 5) is 1.30. The summed E-state index contributed by atoms with van der Waals surface area (Å²) in [6, 6.07) is 4.45. The van der Waals surface area contributed by atoms with E-state index in [1.54, 1.807) is 11.3 Å². The van der Waals surface area contributed by atoms with E-state index < -0.39 is 0 Å². The van der Waals surface area contributed by atoms with Crippen LogP contribution < -0.4 is 0 Å². The molecule has 5 heteroatoms. The fraction of sp³-hybridized carbons (Fsp3) is 0.500. The molecule has 2 rings (SSSR count). The van der Waals surface area contributed by atoms with Crippen molar-refractivity contribution in [3.05, 3.63) is 33.5 Å². The van der Waals surface area contributed by atoms with E-state index in [0.717, 1.165) is 12.2 Å². The number of hydrogen-bond acceptors (Lipinski definition) is 3. The first-order chi connectivity index (χ1) is 8.15. The van der Waals surface area contributed by atoms with Crippen LogP contribution in [0, 0.1) is 0 Å². The van der Waals surface area contributed by atoms with Gasteiger partial charge in [0.2, 0.25) is 5.28 Å². The third kappa shape index (κ3) is 2.38. The molecule has 0 aromatic carbocycles. The predicted octanol–water partition coefficient (Wildman–Crippen LogP) is 4.12. The summed E-state index contributed by atoms with van der Waals surface area (Å²) in [5, 5.41) is 10.7. The average molecular weight is 270 g/mol. The number of hydrogen-bond donors (Lipinski definition) is 0. The van der Waals surface area contributed by atoms with Crippen molar-refractivity contribution >= 4 is 22.9 Å². The van der Waals surface area contributed by atoms with Gasteiger partial charge in [-0.25, -0.2) is 0 Å². The molecule has 1 atom stereocenters. The van der Waals surface area contributed by atoms with Gasteiger partial charge in [-0.1, -0.05) is 26.8 Å². The molecule has 92 valence electrons. The van der Waals surface area contributed by atoms with E-state index in [9.17, 15) is 0 Å². The predicted molar refractivity (Wildman–Crippen MR) is 71.9 cm³/mol. The van der Waals surface area contributed by atoms with Gasteiger partial charge in [0.15, 0.2) is 0 Å². The van der Waals surface area contributed by atoms with Crippen LogP contribution in [0.4, 0.5) is 0 Å². The van der Waals surface area contributed by atoms with E-state index >= 15 is 0 Å². The first kappa shape index (κ1) is 12.6. The zero-order chi connectivity index (χ0) is 12.4. The summed E-state index contributed by atoms with van der Waals surface area (Å²) in [5.74, 6) is 1.28. The molecule has 0 amide bonds. The van der Waals surface area contributed by atoms with Gasteiger partial charge in [0, 0.05) is 10.8 Å². The maximum Gasteiger partial charge on any atom is 0.225 e. The molecule has 0 saturated carbocycles. The van der Waals surface area contributed by atoms with Crippen molar-refractivity contribution in [2.24, 2.45) is 0 Å². The monoisotopic (exact) mass is 269 g/mol. The molecule has 0 aliphatic carbocycles. The van der Waals surface area contributed by atoms with Gasteiger partial charge in [-0.2, -0.15) is 0 Å². The summed E-state index contributed by atoms with van der Waals surface area (Å²) < 4.78 is 2.05. The highest BCUT2D eigenvalue weighted by atomic mass is 35.5. The standard InChI is InChI=1S/C12H16ClN3S/c1-4-9(10-6-5-7-17-10)16-11(8(2)3)14-15-12(16)13/h5-9H,4H2,1-3H3. The number of rotatable bonds is 4. The van der Waals surface area contributed by atoms with Crippen LogP contribution in [0.5, 0.6) is 0 Å². The highest BCUT2D eigenvalue weighted by molar-refractivity contribution is 7.10. The van der Waals surface area contributed by atoms with Gasteiger partial charge in [-0.05, 0) is 29.5 Å². The minimum absolute atomic E-state index is 0.245. The zero-order valence-electron chi connectivity index (χ0n) is 10.2. The lowest BCUT2D eigenvalue weighted by molar-refractivity contribution is 0.534. The second-order valence-electron chi connectivity index (χ2n) is 4.29. The van der Waals surface area contributed by atoms with Crippen molar-refractivity contribution in [2.75, 3.05) is 0 Å². The van der Waals surface area contributed by atoms with E-state index in [-0.39, 0.29) is 6.04 Å². The van der Waals surface area contributed by atoms with Crippen LogP contribution in [0.25, 0.3) is 0 Å². The van der Waals surface area contributed by atoms with Gasteiger partial charge in [-0.3, -0.25) is 4.57 Å². The van der Waals surface area contributed by atoms with E-state index in [2.05, 4.69) is 53.0 Å². The normalized spacial score (nSPS) is 13.2. The van der Waals surface area contributed by atoms with Crippen LogP contribution in [-0.2, 0) is 0 Å². The topological polar surface area (TPSA) is 30.7 Å². The van der Waals surface area contributed by atoms with Crippen LogP contribution in [0.3, 0.4) is 0 Å². The number of thiophene rings is 1. The molecular weight excluding hydrogens is 254 g/mol. The average Bonchev–Trinajstić information content (AvgIpc) is 2.91. The molecule has 2 heterocycles. The smallest absolute Gasteiger partial charge is 0.225 e. The Labute approximate surface area is 110 Å². The van der Waals surface area contributed by atoms with Gasteiger partial charge in [0.1, 0.15) is 5.82 Å². The molecule has 0 aliphatic rings. The number of aromatic nitrogens is 3. The second-order valence-corrected chi connectivity index (χ2v) is 5.61. The van der Waals surface area contributed by atoms with Crippen LogP contribution in [-0.4, -0.2) is 14.8 Å². The quantitative estimate of drug-likeness (QED) is 0.836. The molecule has 0 aliphatic heterocycles. The Morgan fingerprint density at radius 3 is 2.71 bits per heavy atom. The Morgan fingerprint density at radius 1 is 1.41 bits per heavy atom. The highest BCUT2D eigenvalue weighted by Gasteiger charge is 2.22. The molecule has 2 aromatic rings. The summed E-state index contributed by atoms with van der Waals surface area (Å²) in [5.41, 5.74) is 0. The molecule has 1 unspecified atom stereocenters. The Balaban J connectivity index is 2.47. The fourth-order valence-electron chi connectivity index (χ4n) is 1.96. The molecular formula is C12H16ClN3S. The SMILES string of the molecule is CCC(c1cccs1)n1c(Cl)nnc1C(C)C. The Hall–Kier alpha value is -0.870. The molecule has 0 bridgehead atoms. The largest absolute Gasteiger partial charge is 0.293 e. The van der Waals surface area contributed by atoms with Gasteiger partial charge in [-0.15, -0.1) is 21.5 Å². The summed E-state index contributed by atoms with van der Waals surface area (Å²) >= 11 is 7.92. The lowest BCUT2D eigenvalue weighted by atomic mass is 10.1. The maximum atomic E-state index is 6.17. The third-order valence-electron chi connectivity index (χ3n) is 2.77. The van der Waals surface area contributed by atoms with Crippen LogP contribution in [0.1, 0.15) is 49.9 Å². The first-order valence-corrected chi connectivity index (χ1v) is 7.04. The van der Waals surface area contributed by atoms with Gasteiger partial charge < -0.3 is 0 Å². The molecule has 3 nitrogen and oxygen atoms in total. The Bertz CT molecular complexity index is 476. The van der Waals surface area contributed by atoms with Gasteiger partial charge >= 0.3 is 0 Å². The van der Waals surface area contributed by atoms with Crippen molar-refractivity contribution in [3.8, 4) is 0 Å². The van der Waals surface area contributed by atoms with Crippen LogP contribution >= 0.6 is 22.9 Å². The van der Waals surface area contributed by atoms with Crippen molar-refractivity contribution in [3.63, 3.8) is 0 Å². The van der Waals surface area contributed by atoms with E-state index in [4.69, 9.17) is 11.6 Å². The minimum atomic E-state index is 0.245. The van der Waals surface area contributed by atoms with E-state index in [0.29, 0.717) is 11.2 Å². The van der Waals surface area contributed by atoms with Gasteiger partial charge in [0.05, 0.1) is 6.04 Å². The van der Waals surface area contributed by atoms with Crippen LogP contribution in [0.15, 0.2) is 17.5 Å². The number of halogens is 1. The van der Waals surface area contributed by atoms with Gasteiger partial charge in [0.25, 0.3) is 0 Å². The molecule has 0 N–H and O–H groups in total. The van der Waals surface area contributed by atoms with E-state index in [1.165, 1.54) is 4.88 Å². The van der Waals surface area contributed by atoms with Crippen molar-refractivity contribution in [2.45, 2.75) is 39.2 Å². The fourth-order valence-corrected chi connectivity index (χ4v) is 3.10. The third-order valence-corrected chi connectivity index (χ3v) is 4.00. The molecule has 0 saturated heterocycles. The lowest BCUT2D eigenvalue weighted by Crippen LogP contribution is -2.13. The molecule has 2 aromatic heterocycles. The maximum absolute atomic E-state index is 6.17. The Morgan fingerprint density at radius 2 is 2.18 bits per heavy atom. The molecule has 0 spiro atoms. The summed E-state index contributed by atoms with van der Waals surface area (Å²) in [6.45, 7) is 6.38. The highest BCUT2D eigenvalue weighted by Crippen LogP contribution is 2.31. The molecule has 0 fully saturated rings. The zero-order valence-corrected chi connectivity index (χ0v) is 11.8. The summed E-state index contributed by atoms with van der Waals surface area (Å²) in [6.07, 6.45) is 0.984. The summed E-state index contributed by atoms with van der Waals surface area (Å²) in [7, 11) is 0.